The number of aryl methyl sites for hydroxylation is 1. The first-order chi connectivity index (χ1) is 5.79. The summed E-state index contributed by atoms with van der Waals surface area (Å²) in [5.41, 5.74) is 1.11. The highest BCUT2D eigenvalue weighted by atomic mass is 15.1. The summed E-state index contributed by atoms with van der Waals surface area (Å²) >= 11 is 0. The minimum Gasteiger partial charge on any atom is -0.159 e. The van der Waals surface area contributed by atoms with Crippen molar-refractivity contribution in [2.75, 3.05) is 0 Å². The summed E-state index contributed by atoms with van der Waals surface area (Å²) < 4.78 is 0. The lowest BCUT2D eigenvalue weighted by Crippen LogP contribution is -1.94. The third-order valence-corrected chi connectivity index (χ3v) is 1.84. The van der Waals surface area contributed by atoms with Crippen LogP contribution in [-0.2, 0) is 6.42 Å². The minimum absolute atomic E-state index is 0.793. The van der Waals surface area contributed by atoms with E-state index in [2.05, 4.69) is 24.0 Å². The van der Waals surface area contributed by atoms with Crippen molar-refractivity contribution in [1.82, 2.24) is 10.2 Å². The molecule has 66 valence electrons. The third kappa shape index (κ3) is 3.46. The fourth-order valence-electron chi connectivity index (χ4n) is 1.16. The molecule has 0 N–H and O–H groups in total. The van der Waals surface area contributed by atoms with Crippen molar-refractivity contribution in [2.24, 2.45) is 5.92 Å². The van der Waals surface area contributed by atoms with Gasteiger partial charge in [0.1, 0.15) is 0 Å². The van der Waals surface area contributed by atoms with Crippen LogP contribution in [0.15, 0.2) is 18.3 Å². The summed E-state index contributed by atoms with van der Waals surface area (Å²) in [6, 6.07) is 3.98. The van der Waals surface area contributed by atoms with Crippen molar-refractivity contribution in [3.8, 4) is 0 Å². The van der Waals surface area contributed by atoms with E-state index in [9.17, 15) is 0 Å². The molecule has 0 amide bonds. The van der Waals surface area contributed by atoms with Crippen LogP contribution >= 0.6 is 0 Å². The molecule has 1 aromatic rings. The first-order valence-corrected chi connectivity index (χ1v) is 4.55. The molecule has 1 aromatic heterocycles. The Morgan fingerprint density at radius 2 is 2.25 bits per heavy atom. The lowest BCUT2D eigenvalue weighted by atomic mass is 10.1. The average Bonchev–Trinajstić information content (AvgIpc) is 2.05. The van der Waals surface area contributed by atoms with Crippen LogP contribution in [0, 0.1) is 5.92 Å². The maximum absolute atomic E-state index is 4.03. The maximum Gasteiger partial charge on any atom is 0.0631 e. The Kier molecular flexibility index (Phi) is 3.71. The van der Waals surface area contributed by atoms with Gasteiger partial charge in [0, 0.05) is 6.20 Å². The molecule has 0 saturated heterocycles. The van der Waals surface area contributed by atoms with E-state index in [1.807, 2.05) is 12.1 Å². The molecule has 0 spiro atoms. The summed E-state index contributed by atoms with van der Waals surface area (Å²) in [5.74, 6) is 0.793. The van der Waals surface area contributed by atoms with Gasteiger partial charge >= 0.3 is 0 Å². The van der Waals surface area contributed by atoms with Crippen molar-refractivity contribution in [3.63, 3.8) is 0 Å². The molecule has 1 heterocycles. The lowest BCUT2D eigenvalue weighted by molar-refractivity contribution is 0.551. The van der Waals surface area contributed by atoms with Crippen molar-refractivity contribution in [2.45, 2.75) is 33.1 Å². The van der Waals surface area contributed by atoms with Gasteiger partial charge in [-0.25, -0.2) is 0 Å². The van der Waals surface area contributed by atoms with Gasteiger partial charge in [0.2, 0.25) is 0 Å². The zero-order valence-electron chi connectivity index (χ0n) is 7.83. The number of nitrogens with zero attached hydrogens (tertiary/aromatic N) is 2. The molecule has 0 atom stereocenters. The number of rotatable bonds is 4. The summed E-state index contributed by atoms with van der Waals surface area (Å²) in [5, 5.41) is 7.86. The van der Waals surface area contributed by atoms with E-state index in [-0.39, 0.29) is 0 Å². The van der Waals surface area contributed by atoms with Crippen molar-refractivity contribution in [3.05, 3.63) is 24.0 Å². The number of hydrogen-bond acceptors (Lipinski definition) is 2. The summed E-state index contributed by atoms with van der Waals surface area (Å²) in [6.45, 7) is 4.49. The smallest absolute Gasteiger partial charge is 0.0631 e. The summed E-state index contributed by atoms with van der Waals surface area (Å²) in [4.78, 5) is 0. The van der Waals surface area contributed by atoms with E-state index < -0.39 is 0 Å². The fraction of sp³-hybridized carbons (Fsp3) is 0.600. The van der Waals surface area contributed by atoms with Crippen LogP contribution in [0.5, 0.6) is 0 Å². The number of aromatic nitrogens is 2. The van der Waals surface area contributed by atoms with Crippen LogP contribution in [0.1, 0.15) is 32.4 Å². The Morgan fingerprint density at radius 3 is 2.83 bits per heavy atom. The number of hydrogen-bond donors (Lipinski definition) is 0. The fourth-order valence-corrected chi connectivity index (χ4v) is 1.16. The molecule has 2 nitrogen and oxygen atoms in total. The predicted octanol–water partition coefficient (Wildman–Crippen LogP) is 2.46. The molecule has 0 aliphatic rings. The lowest BCUT2D eigenvalue weighted by Gasteiger charge is -2.02. The SMILES string of the molecule is CC(C)CCCc1cccnn1. The molecule has 1 rings (SSSR count). The molecule has 0 unspecified atom stereocenters. The second kappa shape index (κ2) is 4.86. The third-order valence-electron chi connectivity index (χ3n) is 1.84. The zero-order valence-corrected chi connectivity index (χ0v) is 7.83. The van der Waals surface area contributed by atoms with Crippen LogP contribution in [0.2, 0.25) is 0 Å². The summed E-state index contributed by atoms with van der Waals surface area (Å²) in [6.07, 6.45) is 5.27. The molecule has 0 aliphatic carbocycles. The van der Waals surface area contributed by atoms with Gasteiger partial charge in [-0.2, -0.15) is 10.2 Å². The largest absolute Gasteiger partial charge is 0.159 e. The standard InChI is InChI=1S/C10H16N2/c1-9(2)5-3-6-10-7-4-8-11-12-10/h4,7-9H,3,5-6H2,1-2H3. The Morgan fingerprint density at radius 1 is 1.42 bits per heavy atom. The molecular formula is C10H16N2. The van der Waals surface area contributed by atoms with Gasteiger partial charge in [0.15, 0.2) is 0 Å². The van der Waals surface area contributed by atoms with E-state index >= 15 is 0 Å². The first kappa shape index (κ1) is 9.17. The van der Waals surface area contributed by atoms with Gasteiger partial charge in [-0.05, 0) is 30.9 Å². The maximum atomic E-state index is 4.03. The van der Waals surface area contributed by atoms with Crippen LogP contribution < -0.4 is 0 Å². The molecule has 0 saturated carbocycles. The quantitative estimate of drug-likeness (QED) is 0.683. The van der Waals surface area contributed by atoms with E-state index in [4.69, 9.17) is 0 Å². The van der Waals surface area contributed by atoms with Crippen LogP contribution in [-0.4, -0.2) is 10.2 Å². The zero-order chi connectivity index (χ0) is 8.81. The monoisotopic (exact) mass is 164 g/mol. The molecule has 0 fully saturated rings. The van der Waals surface area contributed by atoms with E-state index in [0.29, 0.717) is 0 Å². The van der Waals surface area contributed by atoms with E-state index in [1.54, 1.807) is 6.20 Å². The topological polar surface area (TPSA) is 25.8 Å². The van der Waals surface area contributed by atoms with Crippen molar-refractivity contribution in [1.29, 1.82) is 0 Å². The van der Waals surface area contributed by atoms with Gasteiger partial charge < -0.3 is 0 Å². The highest BCUT2D eigenvalue weighted by molar-refractivity contribution is 4.98. The van der Waals surface area contributed by atoms with Gasteiger partial charge in [-0.3, -0.25) is 0 Å². The molecule has 0 bridgehead atoms. The Bertz CT molecular complexity index is 206. The van der Waals surface area contributed by atoms with E-state index in [0.717, 1.165) is 18.0 Å². The molecule has 0 aromatic carbocycles. The highest BCUT2D eigenvalue weighted by Crippen LogP contribution is 2.06. The van der Waals surface area contributed by atoms with Crippen molar-refractivity contribution >= 4 is 0 Å². The molecular weight excluding hydrogens is 148 g/mol. The Labute approximate surface area is 74.0 Å². The molecule has 0 aliphatic heterocycles. The summed E-state index contributed by atoms with van der Waals surface area (Å²) in [7, 11) is 0. The normalized spacial score (nSPS) is 10.6. The van der Waals surface area contributed by atoms with Crippen LogP contribution in [0.4, 0.5) is 0 Å². The molecule has 0 radical (unpaired) electrons. The second-order valence-electron chi connectivity index (χ2n) is 3.50. The molecule has 2 heteroatoms. The van der Waals surface area contributed by atoms with Gasteiger partial charge in [-0.15, -0.1) is 0 Å². The van der Waals surface area contributed by atoms with E-state index in [1.165, 1.54) is 12.8 Å². The second-order valence-corrected chi connectivity index (χ2v) is 3.50. The van der Waals surface area contributed by atoms with Crippen molar-refractivity contribution < 1.29 is 0 Å². The Balaban J connectivity index is 2.25. The van der Waals surface area contributed by atoms with Crippen LogP contribution in [0.3, 0.4) is 0 Å². The van der Waals surface area contributed by atoms with Gasteiger partial charge in [-0.1, -0.05) is 20.3 Å². The first-order valence-electron chi connectivity index (χ1n) is 4.55. The van der Waals surface area contributed by atoms with Gasteiger partial charge in [0.05, 0.1) is 5.69 Å². The highest BCUT2D eigenvalue weighted by Gasteiger charge is 1.96. The molecule has 12 heavy (non-hydrogen) atoms. The average molecular weight is 164 g/mol. The van der Waals surface area contributed by atoms with Gasteiger partial charge in [0.25, 0.3) is 0 Å². The minimum atomic E-state index is 0.793. The Hall–Kier alpha value is -0.920. The predicted molar refractivity (Wildman–Crippen MR) is 49.8 cm³/mol. The van der Waals surface area contributed by atoms with Crippen LogP contribution in [0.25, 0.3) is 0 Å².